The second-order valence-corrected chi connectivity index (χ2v) is 3.92. The van der Waals surface area contributed by atoms with Crippen molar-refractivity contribution >= 4 is 0 Å². The standard InChI is InChI=1S/C10H23NO2/c1-5-9(2)11-10(3,8-12)6-7-13-4/h9,11-12H,5-8H2,1-4H3. The van der Waals surface area contributed by atoms with Crippen molar-refractivity contribution in [3.63, 3.8) is 0 Å². The van der Waals surface area contributed by atoms with Gasteiger partial charge in [-0.25, -0.2) is 0 Å². The lowest BCUT2D eigenvalue weighted by Gasteiger charge is -2.31. The second-order valence-electron chi connectivity index (χ2n) is 3.92. The molecule has 0 bridgehead atoms. The number of hydrogen-bond donors (Lipinski definition) is 2. The fraction of sp³-hybridized carbons (Fsp3) is 1.00. The smallest absolute Gasteiger partial charge is 0.0611 e. The number of rotatable bonds is 7. The Balaban J connectivity index is 3.94. The number of aliphatic hydroxyl groups is 1. The van der Waals surface area contributed by atoms with Gasteiger partial charge < -0.3 is 15.2 Å². The van der Waals surface area contributed by atoms with E-state index in [4.69, 9.17) is 4.74 Å². The molecule has 0 fully saturated rings. The third-order valence-electron chi connectivity index (χ3n) is 2.41. The van der Waals surface area contributed by atoms with Crippen molar-refractivity contribution in [1.82, 2.24) is 5.32 Å². The highest BCUT2D eigenvalue weighted by Crippen LogP contribution is 2.10. The lowest BCUT2D eigenvalue weighted by molar-refractivity contribution is 0.108. The summed E-state index contributed by atoms with van der Waals surface area (Å²) in [6, 6.07) is 0.439. The Morgan fingerprint density at radius 2 is 2.15 bits per heavy atom. The highest BCUT2D eigenvalue weighted by molar-refractivity contribution is 4.84. The van der Waals surface area contributed by atoms with Crippen molar-refractivity contribution in [1.29, 1.82) is 0 Å². The van der Waals surface area contributed by atoms with E-state index in [1.807, 2.05) is 6.92 Å². The Bertz CT molecular complexity index is 130. The van der Waals surface area contributed by atoms with Crippen LogP contribution in [0.2, 0.25) is 0 Å². The van der Waals surface area contributed by atoms with Gasteiger partial charge >= 0.3 is 0 Å². The van der Waals surface area contributed by atoms with Crippen molar-refractivity contribution in [2.75, 3.05) is 20.3 Å². The Morgan fingerprint density at radius 3 is 2.54 bits per heavy atom. The molecule has 2 unspecified atom stereocenters. The fourth-order valence-corrected chi connectivity index (χ4v) is 1.22. The van der Waals surface area contributed by atoms with Gasteiger partial charge in [0.05, 0.1) is 6.61 Å². The summed E-state index contributed by atoms with van der Waals surface area (Å²) in [5, 5.41) is 12.6. The van der Waals surface area contributed by atoms with Crippen LogP contribution in [0.5, 0.6) is 0 Å². The molecule has 0 saturated carbocycles. The predicted molar refractivity (Wildman–Crippen MR) is 54.9 cm³/mol. The average Bonchev–Trinajstić information content (AvgIpc) is 2.14. The molecule has 0 aliphatic carbocycles. The first-order chi connectivity index (χ1) is 6.08. The van der Waals surface area contributed by atoms with Gasteiger partial charge in [-0.15, -0.1) is 0 Å². The van der Waals surface area contributed by atoms with Crippen LogP contribution in [0.25, 0.3) is 0 Å². The first-order valence-electron chi connectivity index (χ1n) is 4.95. The predicted octanol–water partition coefficient (Wildman–Crippen LogP) is 1.16. The molecule has 2 N–H and O–H groups in total. The molecule has 3 nitrogen and oxygen atoms in total. The van der Waals surface area contributed by atoms with E-state index in [0.717, 1.165) is 12.8 Å². The van der Waals surface area contributed by atoms with Crippen LogP contribution in [-0.4, -0.2) is 37.0 Å². The number of ether oxygens (including phenoxy) is 1. The van der Waals surface area contributed by atoms with Crippen LogP contribution in [-0.2, 0) is 4.74 Å². The molecule has 0 radical (unpaired) electrons. The number of aliphatic hydroxyl groups excluding tert-OH is 1. The molecule has 3 heteroatoms. The van der Waals surface area contributed by atoms with Crippen LogP contribution in [0.15, 0.2) is 0 Å². The monoisotopic (exact) mass is 189 g/mol. The van der Waals surface area contributed by atoms with Crippen LogP contribution in [0.1, 0.15) is 33.6 Å². The van der Waals surface area contributed by atoms with Gasteiger partial charge in [0, 0.05) is 25.3 Å². The Labute approximate surface area is 81.5 Å². The summed E-state index contributed by atoms with van der Waals surface area (Å²) in [6.07, 6.45) is 1.91. The van der Waals surface area contributed by atoms with Crippen molar-refractivity contribution < 1.29 is 9.84 Å². The van der Waals surface area contributed by atoms with E-state index in [0.29, 0.717) is 12.6 Å². The summed E-state index contributed by atoms with van der Waals surface area (Å²) in [5.41, 5.74) is -0.203. The average molecular weight is 189 g/mol. The minimum atomic E-state index is -0.203. The van der Waals surface area contributed by atoms with Crippen molar-refractivity contribution in [2.24, 2.45) is 0 Å². The summed E-state index contributed by atoms with van der Waals surface area (Å²) in [6.45, 7) is 7.12. The molecule has 0 aliphatic heterocycles. The van der Waals surface area contributed by atoms with Gasteiger partial charge in [-0.2, -0.15) is 0 Å². The van der Waals surface area contributed by atoms with Crippen LogP contribution in [0.4, 0.5) is 0 Å². The fourth-order valence-electron chi connectivity index (χ4n) is 1.22. The van der Waals surface area contributed by atoms with Gasteiger partial charge in [0.25, 0.3) is 0 Å². The molecular weight excluding hydrogens is 166 g/mol. The third-order valence-corrected chi connectivity index (χ3v) is 2.41. The van der Waals surface area contributed by atoms with Crippen LogP contribution in [0.3, 0.4) is 0 Å². The quantitative estimate of drug-likeness (QED) is 0.631. The summed E-state index contributed by atoms with van der Waals surface area (Å²) in [5.74, 6) is 0. The molecular formula is C10H23NO2. The first kappa shape index (κ1) is 12.9. The zero-order valence-corrected chi connectivity index (χ0v) is 9.26. The van der Waals surface area contributed by atoms with Crippen LogP contribution >= 0.6 is 0 Å². The Morgan fingerprint density at radius 1 is 1.54 bits per heavy atom. The van der Waals surface area contributed by atoms with Gasteiger partial charge in [-0.3, -0.25) is 0 Å². The van der Waals surface area contributed by atoms with Gasteiger partial charge in [-0.1, -0.05) is 6.92 Å². The van der Waals surface area contributed by atoms with Crippen LogP contribution in [0, 0.1) is 0 Å². The van der Waals surface area contributed by atoms with Crippen LogP contribution < -0.4 is 5.32 Å². The van der Waals surface area contributed by atoms with E-state index in [2.05, 4.69) is 19.2 Å². The molecule has 0 aromatic rings. The van der Waals surface area contributed by atoms with E-state index in [9.17, 15) is 5.11 Å². The Kier molecular flexibility index (Phi) is 6.29. The topological polar surface area (TPSA) is 41.5 Å². The first-order valence-corrected chi connectivity index (χ1v) is 4.95. The molecule has 0 saturated heterocycles. The number of methoxy groups -OCH3 is 1. The van der Waals surface area contributed by atoms with E-state index in [1.54, 1.807) is 7.11 Å². The maximum Gasteiger partial charge on any atom is 0.0611 e. The van der Waals surface area contributed by atoms with Gasteiger partial charge in [0.15, 0.2) is 0 Å². The van der Waals surface area contributed by atoms with Crippen molar-refractivity contribution in [3.05, 3.63) is 0 Å². The van der Waals surface area contributed by atoms with E-state index < -0.39 is 0 Å². The molecule has 0 heterocycles. The second kappa shape index (κ2) is 6.35. The van der Waals surface area contributed by atoms with Crippen molar-refractivity contribution in [2.45, 2.75) is 45.2 Å². The van der Waals surface area contributed by atoms with Crippen molar-refractivity contribution in [3.8, 4) is 0 Å². The summed E-state index contributed by atoms with van der Waals surface area (Å²) in [7, 11) is 1.68. The zero-order chi connectivity index (χ0) is 10.3. The zero-order valence-electron chi connectivity index (χ0n) is 9.26. The molecule has 13 heavy (non-hydrogen) atoms. The number of hydrogen-bond acceptors (Lipinski definition) is 3. The third kappa shape index (κ3) is 5.24. The summed E-state index contributed by atoms with van der Waals surface area (Å²) in [4.78, 5) is 0. The molecule has 0 spiro atoms. The van der Waals surface area contributed by atoms with E-state index in [1.165, 1.54) is 0 Å². The lowest BCUT2D eigenvalue weighted by atomic mass is 9.98. The molecule has 80 valence electrons. The summed E-state index contributed by atoms with van der Waals surface area (Å²) >= 11 is 0. The van der Waals surface area contributed by atoms with Gasteiger partial charge in [0.2, 0.25) is 0 Å². The normalized spacial score (nSPS) is 18.2. The maximum absolute atomic E-state index is 9.24. The lowest BCUT2D eigenvalue weighted by Crippen LogP contribution is -2.50. The minimum Gasteiger partial charge on any atom is -0.394 e. The SMILES string of the molecule is CCC(C)NC(C)(CO)CCOC. The largest absolute Gasteiger partial charge is 0.394 e. The minimum absolute atomic E-state index is 0.153. The number of nitrogens with one attached hydrogen (secondary N) is 1. The molecule has 0 rings (SSSR count). The van der Waals surface area contributed by atoms with Gasteiger partial charge in [-0.05, 0) is 26.7 Å². The Hall–Kier alpha value is -0.120. The van der Waals surface area contributed by atoms with E-state index >= 15 is 0 Å². The molecule has 2 atom stereocenters. The highest BCUT2D eigenvalue weighted by atomic mass is 16.5. The molecule has 0 aromatic carbocycles. The maximum atomic E-state index is 9.24. The summed E-state index contributed by atoms with van der Waals surface area (Å²) < 4.78 is 5.00. The highest BCUT2D eigenvalue weighted by Gasteiger charge is 2.23. The van der Waals surface area contributed by atoms with E-state index in [-0.39, 0.29) is 12.1 Å². The molecule has 0 aliphatic rings. The molecule has 0 aromatic heterocycles. The molecule has 0 amide bonds. The van der Waals surface area contributed by atoms with Gasteiger partial charge in [0.1, 0.15) is 0 Å².